The van der Waals surface area contributed by atoms with Crippen molar-refractivity contribution >= 4 is 23.2 Å². The summed E-state index contributed by atoms with van der Waals surface area (Å²) >= 11 is 0. The highest BCUT2D eigenvalue weighted by Gasteiger charge is 2.23. The number of hydrogen-bond donors (Lipinski definition) is 1. The average molecular weight is 295 g/mol. The van der Waals surface area contributed by atoms with Crippen molar-refractivity contribution in [1.29, 1.82) is 0 Å². The summed E-state index contributed by atoms with van der Waals surface area (Å²) in [6.07, 6.45) is 1.86. The molecule has 0 radical (unpaired) electrons. The van der Waals surface area contributed by atoms with E-state index in [2.05, 4.69) is 5.32 Å². The Bertz CT molecular complexity index is 778. The standard InChI is InChI=1S/C18H17NO3/c1-11-4-6-15-13(8-11)14(18(20)19-15)9-12-5-7-16(21-2)17(10-12)22-3/h4-10H,1-3H3,(H,19,20)/b14-9+. The topological polar surface area (TPSA) is 47.6 Å². The van der Waals surface area contributed by atoms with Gasteiger partial charge in [0, 0.05) is 16.8 Å². The van der Waals surface area contributed by atoms with Gasteiger partial charge in [0.05, 0.1) is 14.2 Å². The Kier molecular flexibility index (Phi) is 3.59. The lowest BCUT2D eigenvalue weighted by Crippen LogP contribution is -2.03. The van der Waals surface area contributed by atoms with E-state index in [-0.39, 0.29) is 5.91 Å². The summed E-state index contributed by atoms with van der Waals surface area (Å²) in [4.78, 5) is 12.2. The van der Waals surface area contributed by atoms with E-state index in [1.165, 1.54) is 0 Å². The third-order valence-electron chi connectivity index (χ3n) is 3.68. The lowest BCUT2D eigenvalue weighted by Gasteiger charge is -2.08. The molecule has 1 aliphatic rings. The van der Waals surface area contributed by atoms with E-state index in [4.69, 9.17) is 9.47 Å². The van der Waals surface area contributed by atoms with Gasteiger partial charge in [0.2, 0.25) is 0 Å². The Morgan fingerprint density at radius 3 is 2.50 bits per heavy atom. The molecule has 0 saturated heterocycles. The second-order valence-electron chi connectivity index (χ2n) is 5.18. The van der Waals surface area contributed by atoms with Crippen LogP contribution >= 0.6 is 0 Å². The van der Waals surface area contributed by atoms with E-state index in [1.807, 2.05) is 49.4 Å². The number of aryl methyl sites for hydroxylation is 1. The van der Waals surface area contributed by atoms with Gasteiger partial charge in [-0.05, 0) is 42.8 Å². The number of methoxy groups -OCH3 is 2. The predicted octanol–water partition coefficient (Wildman–Crippen LogP) is 3.50. The maximum absolute atomic E-state index is 12.2. The molecule has 4 heteroatoms. The van der Waals surface area contributed by atoms with Crippen molar-refractivity contribution in [1.82, 2.24) is 0 Å². The smallest absolute Gasteiger partial charge is 0.256 e. The minimum atomic E-state index is -0.0876. The van der Waals surface area contributed by atoms with Crippen LogP contribution in [-0.4, -0.2) is 20.1 Å². The Hall–Kier alpha value is -2.75. The van der Waals surface area contributed by atoms with Gasteiger partial charge in [-0.25, -0.2) is 0 Å². The average Bonchev–Trinajstić information content (AvgIpc) is 2.83. The largest absolute Gasteiger partial charge is 0.493 e. The number of hydrogen-bond acceptors (Lipinski definition) is 3. The monoisotopic (exact) mass is 295 g/mol. The molecule has 0 fully saturated rings. The molecule has 1 amide bonds. The lowest BCUT2D eigenvalue weighted by atomic mass is 10.0. The summed E-state index contributed by atoms with van der Waals surface area (Å²) in [6.45, 7) is 2.01. The second-order valence-corrected chi connectivity index (χ2v) is 5.18. The van der Waals surface area contributed by atoms with E-state index in [9.17, 15) is 4.79 Å². The van der Waals surface area contributed by atoms with Crippen molar-refractivity contribution in [2.24, 2.45) is 0 Å². The van der Waals surface area contributed by atoms with Crippen LogP contribution in [0.15, 0.2) is 36.4 Å². The summed E-state index contributed by atoms with van der Waals surface area (Å²) in [6, 6.07) is 11.5. The van der Waals surface area contributed by atoms with Gasteiger partial charge in [-0.15, -0.1) is 0 Å². The van der Waals surface area contributed by atoms with Crippen LogP contribution in [0.3, 0.4) is 0 Å². The zero-order valence-electron chi connectivity index (χ0n) is 12.8. The number of anilines is 1. The molecular formula is C18H17NO3. The number of rotatable bonds is 3. The van der Waals surface area contributed by atoms with Crippen LogP contribution in [0.25, 0.3) is 11.6 Å². The van der Waals surface area contributed by atoms with E-state index < -0.39 is 0 Å². The van der Waals surface area contributed by atoms with Crippen LogP contribution < -0.4 is 14.8 Å². The van der Waals surface area contributed by atoms with E-state index in [1.54, 1.807) is 14.2 Å². The molecule has 22 heavy (non-hydrogen) atoms. The Balaban J connectivity index is 2.06. The SMILES string of the molecule is COc1ccc(/C=C2/C(=O)Nc3ccc(C)cc32)cc1OC. The number of carbonyl (C=O) groups excluding carboxylic acids is 1. The van der Waals surface area contributed by atoms with Crippen LogP contribution in [0.1, 0.15) is 16.7 Å². The fraction of sp³-hybridized carbons (Fsp3) is 0.167. The lowest BCUT2D eigenvalue weighted by molar-refractivity contribution is -0.110. The number of amides is 1. The van der Waals surface area contributed by atoms with Gasteiger partial charge in [0.15, 0.2) is 11.5 Å². The Morgan fingerprint density at radius 2 is 1.77 bits per heavy atom. The van der Waals surface area contributed by atoms with Crippen LogP contribution in [0.4, 0.5) is 5.69 Å². The first-order valence-corrected chi connectivity index (χ1v) is 6.98. The normalized spacial score (nSPS) is 14.7. The summed E-state index contributed by atoms with van der Waals surface area (Å²) in [5.74, 6) is 1.21. The van der Waals surface area contributed by atoms with Crippen molar-refractivity contribution in [3.63, 3.8) is 0 Å². The zero-order chi connectivity index (χ0) is 15.7. The summed E-state index contributed by atoms with van der Waals surface area (Å²) < 4.78 is 10.5. The van der Waals surface area contributed by atoms with Crippen molar-refractivity contribution in [3.05, 3.63) is 53.1 Å². The van der Waals surface area contributed by atoms with Gasteiger partial charge < -0.3 is 14.8 Å². The third-order valence-corrected chi connectivity index (χ3v) is 3.68. The third kappa shape index (κ3) is 2.44. The van der Waals surface area contributed by atoms with Crippen molar-refractivity contribution in [2.45, 2.75) is 6.92 Å². The molecule has 2 aromatic carbocycles. The summed E-state index contributed by atoms with van der Waals surface area (Å²) in [5, 5.41) is 2.88. The second kappa shape index (κ2) is 5.56. The number of carbonyl (C=O) groups is 1. The zero-order valence-corrected chi connectivity index (χ0v) is 12.8. The van der Waals surface area contributed by atoms with Crippen LogP contribution in [0, 0.1) is 6.92 Å². The fourth-order valence-corrected chi connectivity index (χ4v) is 2.55. The molecule has 0 aliphatic carbocycles. The molecule has 4 nitrogen and oxygen atoms in total. The van der Waals surface area contributed by atoms with Crippen molar-refractivity contribution in [2.75, 3.05) is 19.5 Å². The van der Waals surface area contributed by atoms with Gasteiger partial charge in [-0.2, -0.15) is 0 Å². The number of nitrogens with one attached hydrogen (secondary N) is 1. The van der Waals surface area contributed by atoms with Gasteiger partial charge in [-0.3, -0.25) is 4.79 Å². The highest BCUT2D eigenvalue weighted by atomic mass is 16.5. The number of fused-ring (bicyclic) bond motifs is 1. The molecule has 0 atom stereocenters. The molecule has 1 N–H and O–H groups in total. The molecule has 1 heterocycles. The molecule has 112 valence electrons. The predicted molar refractivity (Wildman–Crippen MR) is 87.2 cm³/mol. The molecule has 0 spiro atoms. The first kappa shape index (κ1) is 14.2. The molecule has 0 bridgehead atoms. The maximum atomic E-state index is 12.2. The van der Waals surface area contributed by atoms with Gasteiger partial charge in [-0.1, -0.05) is 17.7 Å². The molecular weight excluding hydrogens is 278 g/mol. The van der Waals surface area contributed by atoms with Crippen LogP contribution in [-0.2, 0) is 4.79 Å². The van der Waals surface area contributed by atoms with E-state index in [0.29, 0.717) is 17.1 Å². The maximum Gasteiger partial charge on any atom is 0.256 e. The summed E-state index contributed by atoms with van der Waals surface area (Å²) in [5.41, 5.74) is 4.44. The van der Waals surface area contributed by atoms with Crippen LogP contribution in [0.5, 0.6) is 11.5 Å². The molecule has 2 aromatic rings. The van der Waals surface area contributed by atoms with Gasteiger partial charge >= 0.3 is 0 Å². The highest BCUT2D eigenvalue weighted by molar-refractivity contribution is 6.34. The molecule has 0 aromatic heterocycles. The number of ether oxygens (including phenoxy) is 2. The first-order valence-electron chi connectivity index (χ1n) is 6.98. The van der Waals surface area contributed by atoms with Crippen LogP contribution in [0.2, 0.25) is 0 Å². The molecule has 1 aliphatic heterocycles. The Labute approximate surface area is 129 Å². The highest BCUT2D eigenvalue weighted by Crippen LogP contribution is 2.35. The molecule has 3 rings (SSSR count). The van der Waals surface area contributed by atoms with Crippen molar-refractivity contribution in [3.8, 4) is 11.5 Å². The first-order chi connectivity index (χ1) is 10.6. The fourth-order valence-electron chi connectivity index (χ4n) is 2.55. The molecule has 0 saturated carbocycles. The minimum Gasteiger partial charge on any atom is -0.493 e. The van der Waals surface area contributed by atoms with Crippen molar-refractivity contribution < 1.29 is 14.3 Å². The van der Waals surface area contributed by atoms with Gasteiger partial charge in [0.1, 0.15) is 0 Å². The number of benzene rings is 2. The molecule has 0 unspecified atom stereocenters. The Morgan fingerprint density at radius 1 is 1.00 bits per heavy atom. The van der Waals surface area contributed by atoms with E-state index in [0.717, 1.165) is 22.4 Å². The quantitative estimate of drug-likeness (QED) is 0.882. The summed E-state index contributed by atoms with van der Waals surface area (Å²) in [7, 11) is 3.19. The van der Waals surface area contributed by atoms with E-state index >= 15 is 0 Å². The van der Waals surface area contributed by atoms with Gasteiger partial charge in [0.25, 0.3) is 5.91 Å². The minimum absolute atomic E-state index is 0.0876.